The number of aromatic hydroxyl groups is 2. The molecule has 0 aliphatic rings. The summed E-state index contributed by atoms with van der Waals surface area (Å²) in [6.07, 6.45) is 0. The first kappa shape index (κ1) is 17.5. The van der Waals surface area contributed by atoms with Gasteiger partial charge in [-0.15, -0.1) is 10.2 Å². The molecular weight excluding hydrogens is 364 g/mol. The number of aromatic nitrogens is 2. The molecule has 0 bridgehead atoms. The van der Waals surface area contributed by atoms with Crippen molar-refractivity contribution in [2.24, 2.45) is 17.3 Å². The van der Waals surface area contributed by atoms with E-state index in [1.807, 2.05) is 0 Å². The Balaban J connectivity index is 2.57. The van der Waals surface area contributed by atoms with E-state index in [0.717, 1.165) is 16.9 Å². The molecule has 126 valence electrons. The first-order chi connectivity index (χ1) is 10.8. The van der Waals surface area contributed by atoms with E-state index in [4.69, 9.17) is 4.55 Å². The Morgan fingerprint density at radius 3 is 2.61 bits per heavy atom. The van der Waals surface area contributed by atoms with Crippen LogP contribution in [-0.2, 0) is 25.0 Å². The molecule has 2 rings (SSSR count). The molecule has 9 nitrogen and oxygen atoms in total. The van der Waals surface area contributed by atoms with Gasteiger partial charge in [0, 0.05) is 13.6 Å². The van der Waals surface area contributed by atoms with E-state index >= 15 is 0 Å². The molecule has 2 aromatic rings. The van der Waals surface area contributed by atoms with Gasteiger partial charge in [0.2, 0.25) is 21.4 Å². The van der Waals surface area contributed by atoms with Gasteiger partial charge in [-0.2, -0.15) is 4.21 Å². The lowest BCUT2D eigenvalue weighted by molar-refractivity contribution is 0.389. The highest BCUT2D eigenvalue weighted by atomic mass is 32.2. The Kier molecular flexibility index (Phi) is 5.41. The van der Waals surface area contributed by atoms with Crippen molar-refractivity contribution in [3.8, 4) is 16.8 Å². The second-order valence-corrected chi connectivity index (χ2v) is 6.85. The zero-order valence-electron chi connectivity index (χ0n) is 12.2. The number of allylic oxidation sites excluding steroid dienone is 1. The van der Waals surface area contributed by atoms with Gasteiger partial charge in [-0.05, 0) is 6.92 Å². The molecule has 1 atom stereocenters. The second-order valence-electron chi connectivity index (χ2n) is 4.47. The summed E-state index contributed by atoms with van der Waals surface area (Å²) >= 11 is -0.525. The number of hydrogen-bond donors (Lipinski definition) is 3. The van der Waals surface area contributed by atoms with Crippen LogP contribution in [0.3, 0.4) is 0 Å². The summed E-state index contributed by atoms with van der Waals surface area (Å²) in [4.78, 5) is 0.685. The normalized spacial score (nSPS) is 14.2. The predicted octanol–water partition coefficient (Wildman–Crippen LogP) is 0.869. The fourth-order valence-electron chi connectivity index (χ4n) is 1.53. The minimum absolute atomic E-state index is 0.0486. The number of nitrogens with zero attached hydrogens (tertiary/aromatic N) is 4. The Labute approximate surface area is 141 Å². The molecule has 0 aliphatic heterocycles. The maximum absolute atomic E-state index is 10.8. The molecule has 0 aromatic carbocycles. The van der Waals surface area contributed by atoms with E-state index in [-0.39, 0.29) is 28.2 Å². The van der Waals surface area contributed by atoms with Gasteiger partial charge in [0.05, 0.1) is 5.38 Å². The third-order valence-corrected chi connectivity index (χ3v) is 4.80. The average molecular weight is 378 g/mol. The maximum Gasteiger partial charge on any atom is 0.358 e. The predicted molar refractivity (Wildman–Crippen MR) is 86.3 cm³/mol. The summed E-state index contributed by atoms with van der Waals surface area (Å²) in [5.74, 6) is -0.291. The fourth-order valence-corrected chi connectivity index (χ4v) is 3.46. The second kappa shape index (κ2) is 7.12. The monoisotopic (exact) mass is 378 g/mol. The molecule has 0 saturated heterocycles. The molecule has 0 spiro atoms. The molecule has 0 radical (unpaired) electrons. The average Bonchev–Trinajstić information content (AvgIpc) is 2.91. The summed E-state index contributed by atoms with van der Waals surface area (Å²) in [6.45, 7) is 5.75. The van der Waals surface area contributed by atoms with E-state index < -0.39 is 11.4 Å². The van der Waals surface area contributed by atoms with Gasteiger partial charge in [0.25, 0.3) is 5.06 Å². The highest BCUT2D eigenvalue weighted by Crippen LogP contribution is 2.30. The zero-order valence-corrected chi connectivity index (χ0v) is 14.6. The van der Waals surface area contributed by atoms with Gasteiger partial charge in [-0.25, -0.2) is 0 Å². The SMILES string of the molecule is C=C(C)Cn1c(O)c(OS(=O)O)sc1=N/N=c1\scc(O)n1C. The summed E-state index contributed by atoms with van der Waals surface area (Å²) < 4.78 is 27.0. The van der Waals surface area contributed by atoms with Crippen LogP contribution in [0.2, 0.25) is 0 Å². The minimum Gasteiger partial charge on any atom is -0.494 e. The van der Waals surface area contributed by atoms with Crippen molar-refractivity contribution in [1.29, 1.82) is 0 Å². The van der Waals surface area contributed by atoms with Crippen molar-refractivity contribution in [2.45, 2.75) is 13.5 Å². The summed E-state index contributed by atoms with van der Waals surface area (Å²) in [6, 6.07) is 0. The van der Waals surface area contributed by atoms with E-state index in [0.29, 0.717) is 4.80 Å². The Hall–Kier alpha value is -1.89. The molecule has 0 fully saturated rings. The molecule has 2 heterocycles. The maximum atomic E-state index is 10.8. The van der Waals surface area contributed by atoms with Crippen LogP contribution in [0.15, 0.2) is 27.7 Å². The molecule has 12 heteroatoms. The van der Waals surface area contributed by atoms with Crippen molar-refractivity contribution >= 4 is 34.0 Å². The topological polar surface area (TPSA) is 122 Å². The molecular formula is C11H14N4O5S3. The van der Waals surface area contributed by atoms with Crippen molar-refractivity contribution < 1.29 is 23.2 Å². The lowest BCUT2D eigenvalue weighted by Gasteiger charge is -2.03. The summed E-state index contributed by atoms with van der Waals surface area (Å²) in [7, 11) is 1.62. The van der Waals surface area contributed by atoms with Gasteiger partial charge in [0.15, 0.2) is 0 Å². The molecule has 3 N–H and O–H groups in total. The van der Waals surface area contributed by atoms with Crippen LogP contribution in [-0.4, -0.2) is 28.1 Å². The Morgan fingerprint density at radius 2 is 2.09 bits per heavy atom. The van der Waals surface area contributed by atoms with Crippen molar-refractivity contribution in [1.82, 2.24) is 9.13 Å². The van der Waals surface area contributed by atoms with Crippen LogP contribution >= 0.6 is 22.7 Å². The van der Waals surface area contributed by atoms with Gasteiger partial charge in [-0.1, -0.05) is 34.8 Å². The Bertz CT molecular complexity index is 888. The smallest absolute Gasteiger partial charge is 0.358 e. The van der Waals surface area contributed by atoms with Gasteiger partial charge in [-0.3, -0.25) is 13.7 Å². The lowest BCUT2D eigenvalue weighted by atomic mass is 10.3. The van der Waals surface area contributed by atoms with Crippen molar-refractivity contribution in [2.75, 3.05) is 0 Å². The van der Waals surface area contributed by atoms with Crippen LogP contribution in [0.25, 0.3) is 0 Å². The first-order valence-electron chi connectivity index (χ1n) is 6.07. The highest BCUT2D eigenvalue weighted by molar-refractivity contribution is 7.74. The third kappa shape index (κ3) is 4.10. The molecule has 2 aromatic heterocycles. The van der Waals surface area contributed by atoms with Crippen molar-refractivity contribution in [3.63, 3.8) is 0 Å². The van der Waals surface area contributed by atoms with Crippen LogP contribution < -0.4 is 13.8 Å². The van der Waals surface area contributed by atoms with Crippen LogP contribution in [0.5, 0.6) is 16.8 Å². The summed E-state index contributed by atoms with van der Waals surface area (Å²) in [5, 5.41) is 28.9. The van der Waals surface area contributed by atoms with E-state index in [1.54, 1.807) is 14.0 Å². The number of rotatable bonds is 5. The molecule has 0 amide bonds. The largest absolute Gasteiger partial charge is 0.494 e. The van der Waals surface area contributed by atoms with Crippen molar-refractivity contribution in [3.05, 3.63) is 27.1 Å². The lowest BCUT2D eigenvalue weighted by Crippen LogP contribution is -2.16. The highest BCUT2D eigenvalue weighted by Gasteiger charge is 2.16. The number of hydrogen-bond acceptors (Lipinski definition) is 8. The Morgan fingerprint density at radius 1 is 1.43 bits per heavy atom. The van der Waals surface area contributed by atoms with Gasteiger partial charge in [0.1, 0.15) is 0 Å². The van der Waals surface area contributed by atoms with E-state index in [9.17, 15) is 14.4 Å². The van der Waals surface area contributed by atoms with Crippen LogP contribution in [0.4, 0.5) is 0 Å². The van der Waals surface area contributed by atoms with Crippen LogP contribution in [0.1, 0.15) is 6.92 Å². The standard InChI is InChI=1S/C11H14N4O5S3/c1-6(2)4-15-8(17)9(20-23(18)19)22-11(15)13-12-10-14(3)7(16)5-21-10/h5,16-17H,1,4H2,2-3H3,(H,18,19)/b12-10-,13-11?. The summed E-state index contributed by atoms with van der Waals surface area (Å²) in [5.41, 5.74) is 0.732. The zero-order chi connectivity index (χ0) is 17.1. The minimum atomic E-state index is -2.57. The van der Waals surface area contributed by atoms with Gasteiger partial charge < -0.3 is 14.4 Å². The third-order valence-electron chi connectivity index (χ3n) is 2.55. The molecule has 23 heavy (non-hydrogen) atoms. The molecule has 0 aliphatic carbocycles. The number of thiazole rings is 2. The quantitative estimate of drug-likeness (QED) is 0.405. The van der Waals surface area contributed by atoms with Gasteiger partial charge >= 0.3 is 11.4 Å². The molecule has 0 saturated carbocycles. The van der Waals surface area contributed by atoms with Crippen LogP contribution in [0, 0.1) is 0 Å². The first-order valence-corrected chi connectivity index (χ1v) is 8.79. The van der Waals surface area contributed by atoms with E-state index in [2.05, 4.69) is 21.0 Å². The molecule has 1 unspecified atom stereocenters. The van der Waals surface area contributed by atoms with E-state index in [1.165, 1.54) is 25.9 Å². The fraction of sp³-hybridized carbons (Fsp3) is 0.273.